The van der Waals surface area contributed by atoms with Crippen LogP contribution in [0.2, 0.25) is 0 Å². The van der Waals surface area contributed by atoms with Crippen molar-refractivity contribution in [2.75, 3.05) is 26.8 Å². The zero-order valence-corrected chi connectivity index (χ0v) is 15.1. The van der Waals surface area contributed by atoms with E-state index in [0.717, 1.165) is 23.3 Å². The SMILES string of the molecule is CC[C@@H](COC)NC(=O)N(CC)CCc1nc2ccc(C)cc2[nH]1. The summed E-state index contributed by atoms with van der Waals surface area (Å²) in [5.74, 6) is 0.908. The van der Waals surface area contributed by atoms with Gasteiger partial charge in [-0.2, -0.15) is 0 Å². The van der Waals surface area contributed by atoms with Crippen LogP contribution in [-0.2, 0) is 11.2 Å². The standard InChI is InChI=1S/C18H28N4O2/c1-5-14(12-24-4)19-18(23)22(6-2)10-9-17-20-15-8-7-13(3)11-16(15)21-17/h7-8,11,14H,5-6,9-10,12H2,1-4H3,(H,19,23)(H,20,21)/t14-/m0/s1. The van der Waals surface area contributed by atoms with Gasteiger partial charge in [-0.05, 0) is 38.0 Å². The molecule has 0 aliphatic rings. The molecule has 6 nitrogen and oxygen atoms in total. The maximum atomic E-state index is 12.4. The van der Waals surface area contributed by atoms with Gasteiger partial charge in [0.1, 0.15) is 5.82 Å². The lowest BCUT2D eigenvalue weighted by Gasteiger charge is -2.24. The average Bonchev–Trinajstić information content (AvgIpc) is 2.96. The number of fused-ring (bicyclic) bond motifs is 1. The Labute approximate surface area is 143 Å². The number of H-pyrrole nitrogens is 1. The molecule has 0 bridgehead atoms. The number of methoxy groups -OCH3 is 1. The molecule has 0 saturated carbocycles. The first-order chi connectivity index (χ1) is 11.6. The molecule has 1 aromatic heterocycles. The van der Waals surface area contributed by atoms with Gasteiger partial charge >= 0.3 is 6.03 Å². The highest BCUT2D eigenvalue weighted by atomic mass is 16.5. The first kappa shape index (κ1) is 18.3. The van der Waals surface area contributed by atoms with E-state index in [1.807, 2.05) is 19.9 Å². The molecule has 132 valence electrons. The summed E-state index contributed by atoms with van der Waals surface area (Å²) in [7, 11) is 1.65. The van der Waals surface area contributed by atoms with Crippen LogP contribution < -0.4 is 5.32 Å². The second kappa shape index (κ2) is 8.68. The van der Waals surface area contributed by atoms with Gasteiger partial charge in [-0.3, -0.25) is 0 Å². The second-order valence-electron chi connectivity index (χ2n) is 6.04. The van der Waals surface area contributed by atoms with Gasteiger partial charge in [0, 0.05) is 26.6 Å². The summed E-state index contributed by atoms with van der Waals surface area (Å²) < 4.78 is 5.13. The van der Waals surface area contributed by atoms with Crippen molar-refractivity contribution in [3.63, 3.8) is 0 Å². The Morgan fingerprint density at radius 3 is 2.88 bits per heavy atom. The number of carbonyl (C=O) groups excluding carboxylic acids is 1. The third-order valence-electron chi connectivity index (χ3n) is 4.16. The maximum Gasteiger partial charge on any atom is 0.317 e. The van der Waals surface area contributed by atoms with E-state index < -0.39 is 0 Å². The summed E-state index contributed by atoms with van der Waals surface area (Å²) in [4.78, 5) is 22.1. The topological polar surface area (TPSA) is 70.2 Å². The van der Waals surface area contributed by atoms with Crippen molar-refractivity contribution in [3.05, 3.63) is 29.6 Å². The minimum absolute atomic E-state index is 0.0470. The number of benzene rings is 1. The molecule has 0 aliphatic carbocycles. The van der Waals surface area contributed by atoms with Crippen molar-refractivity contribution in [2.24, 2.45) is 0 Å². The predicted molar refractivity (Wildman–Crippen MR) is 96.3 cm³/mol. The van der Waals surface area contributed by atoms with Crippen LogP contribution in [0.1, 0.15) is 31.7 Å². The van der Waals surface area contributed by atoms with Gasteiger partial charge in [-0.1, -0.05) is 13.0 Å². The van der Waals surface area contributed by atoms with Gasteiger partial charge in [0.25, 0.3) is 0 Å². The molecule has 2 N–H and O–H groups in total. The smallest absolute Gasteiger partial charge is 0.317 e. The Hall–Kier alpha value is -2.08. The number of hydrogen-bond acceptors (Lipinski definition) is 3. The second-order valence-corrected chi connectivity index (χ2v) is 6.04. The molecule has 0 radical (unpaired) electrons. The van der Waals surface area contributed by atoms with Crippen molar-refractivity contribution in [1.29, 1.82) is 0 Å². The number of nitrogens with zero attached hydrogens (tertiary/aromatic N) is 2. The Kier molecular flexibility index (Phi) is 6.61. The molecule has 0 unspecified atom stereocenters. The fourth-order valence-electron chi connectivity index (χ4n) is 2.67. The van der Waals surface area contributed by atoms with Crippen LogP contribution in [0, 0.1) is 6.92 Å². The van der Waals surface area contributed by atoms with Crippen molar-refractivity contribution in [3.8, 4) is 0 Å². The number of amides is 2. The number of nitrogens with one attached hydrogen (secondary N) is 2. The van der Waals surface area contributed by atoms with E-state index >= 15 is 0 Å². The van der Waals surface area contributed by atoms with E-state index in [1.54, 1.807) is 12.0 Å². The summed E-state index contributed by atoms with van der Waals surface area (Å²) in [6.07, 6.45) is 1.55. The Morgan fingerprint density at radius 2 is 2.21 bits per heavy atom. The molecule has 6 heteroatoms. The number of urea groups is 1. The third kappa shape index (κ3) is 4.71. The van der Waals surface area contributed by atoms with E-state index in [9.17, 15) is 4.79 Å². The summed E-state index contributed by atoms with van der Waals surface area (Å²) in [6, 6.07) is 6.16. The molecule has 0 fully saturated rings. The normalized spacial score (nSPS) is 12.3. The number of ether oxygens (including phenoxy) is 1. The van der Waals surface area contributed by atoms with Crippen LogP contribution in [0.4, 0.5) is 4.79 Å². The summed E-state index contributed by atoms with van der Waals surface area (Å²) in [5.41, 5.74) is 3.22. The number of aromatic amines is 1. The molecule has 2 amide bonds. The van der Waals surface area contributed by atoms with Crippen LogP contribution >= 0.6 is 0 Å². The molecular weight excluding hydrogens is 304 g/mol. The first-order valence-corrected chi connectivity index (χ1v) is 8.57. The van der Waals surface area contributed by atoms with E-state index in [2.05, 4.69) is 34.3 Å². The molecule has 0 saturated heterocycles. The van der Waals surface area contributed by atoms with Gasteiger partial charge in [0.05, 0.1) is 23.7 Å². The third-order valence-corrected chi connectivity index (χ3v) is 4.16. The molecular formula is C18H28N4O2. The van der Waals surface area contributed by atoms with Gasteiger partial charge in [0.2, 0.25) is 0 Å². The Balaban J connectivity index is 1.95. The molecule has 1 aromatic carbocycles. The van der Waals surface area contributed by atoms with Gasteiger partial charge in [-0.15, -0.1) is 0 Å². The van der Waals surface area contributed by atoms with Crippen LogP contribution in [0.25, 0.3) is 11.0 Å². The van der Waals surface area contributed by atoms with E-state index in [-0.39, 0.29) is 12.1 Å². The Bertz CT molecular complexity index is 668. The molecule has 0 spiro atoms. The van der Waals surface area contributed by atoms with Crippen LogP contribution in [0.15, 0.2) is 18.2 Å². The van der Waals surface area contributed by atoms with Crippen LogP contribution in [-0.4, -0.2) is 53.7 Å². The maximum absolute atomic E-state index is 12.4. The lowest BCUT2D eigenvalue weighted by Crippen LogP contribution is -2.46. The number of hydrogen-bond donors (Lipinski definition) is 2. The molecule has 24 heavy (non-hydrogen) atoms. The molecule has 2 rings (SSSR count). The quantitative estimate of drug-likeness (QED) is 0.781. The van der Waals surface area contributed by atoms with E-state index in [0.29, 0.717) is 26.1 Å². The molecule has 2 aromatic rings. The van der Waals surface area contributed by atoms with Gasteiger partial charge in [0.15, 0.2) is 0 Å². The predicted octanol–water partition coefficient (Wildman–Crippen LogP) is 2.87. The molecule has 1 heterocycles. The monoisotopic (exact) mass is 332 g/mol. The summed E-state index contributed by atoms with van der Waals surface area (Å²) in [6.45, 7) is 7.91. The van der Waals surface area contributed by atoms with Crippen molar-refractivity contribution >= 4 is 17.1 Å². The highest BCUT2D eigenvalue weighted by Crippen LogP contribution is 2.13. The Morgan fingerprint density at radius 1 is 1.42 bits per heavy atom. The van der Waals surface area contributed by atoms with Crippen LogP contribution in [0.5, 0.6) is 0 Å². The number of imidazole rings is 1. The summed E-state index contributed by atoms with van der Waals surface area (Å²) in [5, 5.41) is 3.02. The number of aromatic nitrogens is 2. The fourth-order valence-corrected chi connectivity index (χ4v) is 2.67. The number of rotatable bonds is 8. The van der Waals surface area contributed by atoms with Crippen molar-refractivity contribution in [2.45, 2.75) is 39.7 Å². The average molecular weight is 332 g/mol. The minimum Gasteiger partial charge on any atom is -0.383 e. The first-order valence-electron chi connectivity index (χ1n) is 8.57. The molecule has 1 atom stereocenters. The van der Waals surface area contributed by atoms with Gasteiger partial charge < -0.3 is 19.9 Å². The van der Waals surface area contributed by atoms with E-state index in [1.165, 1.54) is 5.56 Å². The lowest BCUT2D eigenvalue weighted by molar-refractivity contribution is 0.153. The largest absolute Gasteiger partial charge is 0.383 e. The number of aryl methyl sites for hydroxylation is 1. The van der Waals surface area contributed by atoms with Gasteiger partial charge in [-0.25, -0.2) is 9.78 Å². The highest BCUT2D eigenvalue weighted by Gasteiger charge is 2.16. The highest BCUT2D eigenvalue weighted by molar-refractivity contribution is 5.76. The fraction of sp³-hybridized carbons (Fsp3) is 0.556. The zero-order chi connectivity index (χ0) is 17.5. The minimum atomic E-state index is -0.0478. The number of carbonyl (C=O) groups is 1. The summed E-state index contributed by atoms with van der Waals surface area (Å²) >= 11 is 0. The van der Waals surface area contributed by atoms with E-state index in [4.69, 9.17) is 4.74 Å². The van der Waals surface area contributed by atoms with Crippen LogP contribution in [0.3, 0.4) is 0 Å². The lowest BCUT2D eigenvalue weighted by atomic mass is 10.2. The van der Waals surface area contributed by atoms with Crippen molar-refractivity contribution < 1.29 is 9.53 Å². The van der Waals surface area contributed by atoms with Crippen molar-refractivity contribution in [1.82, 2.24) is 20.2 Å². The zero-order valence-electron chi connectivity index (χ0n) is 15.1. The molecule has 0 aliphatic heterocycles. The number of likely N-dealkylation sites (N-methyl/N-ethyl adjacent to an activating group) is 1.